The number of benzene rings is 2. The van der Waals surface area contributed by atoms with Gasteiger partial charge in [-0.25, -0.2) is 4.98 Å². The molecule has 0 bridgehead atoms. The van der Waals surface area contributed by atoms with Crippen molar-refractivity contribution in [3.05, 3.63) is 82.4 Å². The molecule has 1 heterocycles. The Hall–Kier alpha value is -3.73. The Balaban J connectivity index is 1.92. The summed E-state index contributed by atoms with van der Waals surface area (Å²) in [5.41, 5.74) is 1.63. The van der Waals surface area contributed by atoms with Crippen molar-refractivity contribution in [3.8, 4) is 6.07 Å². The molecule has 0 fully saturated rings. The maximum Gasteiger partial charge on any atom is 0.270 e. The number of nitro groups is 1. The van der Waals surface area contributed by atoms with Gasteiger partial charge in [0.25, 0.3) is 5.69 Å². The minimum atomic E-state index is -0.519. The number of aromatic nitrogens is 3. The zero-order chi connectivity index (χ0) is 17.6. The van der Waals surface area contributed by atoms with E-state index in [1.807, 2.05) is 36.4 Å². The minimum Gasteiger partial charge on any atom is -0.375 e. The molecular weight excluding hydrogens is 320 g/mol. The highest BCUT2D eigenvalue weighted by molar-refractivity contribution is 5.62. The van der Waals surface area contributed by atoms with Gasteiger partial charge in [0.05, 0.1) is 28.8 Å². The summed E-state index contributed by atoms with van der Waals surface area (Å²) in [4.78, 5) is 14.3. The molecule has 0 saturated carbocycles. The summed E-state index contributed by atoms with van der Waals surface area (Å²) in [6.45, 7) is 0.492. The standard InChI is InChI=1S/C17H14N6O2/c18-9-14-8-15(23(24)25)6-7-16(14)21-17(10-22-12-19-11-20-22)13-4-2-1-3-5-13/h1-8,11-12,17,21H,10H2/t17-/m1/s1. The second kappa shape index (κ2) is 7.23. The van der Waals surface area contributed by atoms with Gasteiger partial charge in [-0.05, 0) is 11.6 Å². The molecule has 8 heteroatoms. The number of nitriles is 1. The van der Waals surface area contributed by atoms with E-state index in [0.717, 1.165) is 5.56 Å². The fraction of sp³-hybridized carbons (Fsp3) is 0.118. The number of anilines is 1. The van der Waals surface area contributed by atoms with Crippen molar-refractivity contribution in [2.24, 2.45) is 0 Å². The molecule has 2 aromatic carbocycles. The number of hydrogen-bond acceptors (Lipinski definition) is 6. The van der Waals surface area contributed by atoms with E-state index in [1.165, 1.54) is 18.5 Å². The summed E-state index contributed by atoms with van der Waals surface area (Å²) in [6, 6.07) is 15.7. The van der Waals surface area contributed by atoms with Gasteiger partial charge in [-0.2, -0.15) is 10.4 Å². The van der Waals surface area contributed by atoms with E-state index in [1.54, 1.807) is 17.1 Å². The summed E-state index contributed by atoms with van der Waals surface area (Å²) < 4.78 is 1.68. The summed E-state index contributed by atoms with van der Waals surface area (Å²) in [5.74, 6) is 0. The van der Waals surface area contributed by atoms with Crippen LogP contribution in [0.5, 0.6) is 0 Å². The predicted molar refractivity (Wildman–Crippen MR) is 90.6 cm³/mol. The third-order valence-electron chi connectivity index (χ3n) is 3.70. The topological polar surface area (TPSA) is 110 Å². The third kappa shape index (κ3) is 3.79. The first-order valence-electron chi connectivity index (χ1n) is 7.50. The molecular formula is C17H14N6O2. The fourth-order valence-electron chi connectivity index (χ4n) is 2.49. The normalized spacial score (nSPS) is 11.5. The average molecular weight is 334 g/mol. The van der Waals surface area contributed by atoms with Crippen molar-refractivity contribution >= 4 is 11.4 Å². The van der Waals surface area contributed by atoms with E-state index in [4.69, 9.17) is 0 Å². The fourth-order valence-corrected chi connectivity index (χ4v) is 2.49. The lowest BCUT2D eigenvalue weighted by atomic mass is 10.1. The van der Waals surface area contributed by atoms with E-state index in [-0.39, 0.29) is 17.3 Å². The first-order valence-corrected chi connectivity index (χ1v) is 7.50. The molecule has 0 aliphatic rings. The third-order valence-corrected chi connectivity index (χ3v) is 3.70. The lowest BCUT2D eigenvalue weighted by Gasteiger charge is -2.21. The molecule has 8 nitrogen and oxygen atoms in total. The largest absolute Gasteiger partial charge is 0.375 e. The average Bonchev–Trinajstić information content (AvgIpc) is 3.15. The van der Waals surface area contributed by atoms with Crippen LogP contribution in [0.4, 0.5) is 11.4 Å². The summed E-state index contributed by atoms with van der Waals surface area (Å²) in [6.07, 6.45) is 3.06. The van der Waals surface area contributed by atoms with Crippen LogP contribution >= 0.6 is 0 Å². The molecule has 3 rings (SSSR count). The second-order valence-corrected chi connectivity index (χ2v) is 5.32. The molecule has 1 atom stereocenters. The van der Waals surface area contributed by atoms with Crippen molar-refractivity contribution < 1.29 is 4.92 Å². The van der Waals surface area contributed by atoms with E-state index < -0.39 is 4.92 Å². The zero-order valence-corrected chi connectivity index (χ0v) is 13.1. The van der Waals surface area contributed by atoms with Crippen LogP contribution in [0.25, 0.3) is 0 Å². The van der Waals surface area contributed by atoms with Crippen LogP contribution in [0, 0.1) is 21.4 Å². The van der Waals surface area contributed by atoms with Crippen molar-refractivity contribution in [2.45, 2.75) is 12.6 Å². The monoisotopic (exact) mass is 334 g/mol. The summed E-state index contributed by atoms with van der Waals surface area (Å²) >= 11 is 0. The van der Waals surface area contributed by atoms with E-state index >= 15 is 0 Å². The lowest BCUT2D eigenvalue weighted by molar-refractivity contribution is -0.384. The predicted octanol–water partition coefficient (Wildman–Crippen LogP) is 2.91. The lowest BCUT2D eigenvalue weighted by Crippen LogP contribution is -2.18. The Morgan fingerprint density at radius 2 is 2.08 bits per heavy atom. The SMILES string of the molecule is N#Cc1cc([N+](=O)[O-])ccc1N[C@H](Cn1cncn1)c1ccccc1. The molecule has 124 valence electrons. The van der Waals surface area contributed by atoms with E-state index in [0.29, 0.717) is 12.2 Å². The van der Waals surface area contributed by atoms with Gasteiger partial charge in [-0.1, -0.05) is 30.3 Å². The first kappa shape index (κ1) is 16.1. The molecule has 1 aromatic heterocycles. The van der Waals surface area contributed by atoms with Crippen molar-refractivity contribution in [1.82, 2.24) is 14.8 Å². The van der Waals surface area contributed by atoms with Gasteiger partial charge in [0.2, 0.25) is 0 Å². The van der Waals surface area contributed by atoms with Crippen LogP contribution in [0.1, 0.15) is 17.2 Å². The van der Waals surface area contributed by atoms with Crippen LogP contribution in [0.3, 0.4) is 0 Å². The highest BCUT2D eigenvalue weighted by Crippen LogP contribution is 2.26. The Morgan fingerprint density at radius 1 is 1.28 bits per heavy atom. The maximum atomic E-state index is 10.9. The molecule has 0 amide bonds. The maximum absolute atomic E-state index is 10.9. The Labute approximate surface area is 143 Å². The van der Waals surface area contributed by atoms with Gasteiger partial charge in [0.15, 0.2) is 0 Å². The van der Waals surface area contributed by atoms with Crippen molar-refractivity contribution in [2.75, 3.05) is 5.32 Å². The quantitative estimate of drug-likeness (QED) is 0.548. The highest BCUT2D eigenvalue weighted by Gasteiger charge is 2.16. The molecule has 0 radical (unpaired) electrons. The number of nitro benzene ring substituents is 1. The molecule has 1 N–H and O–H groups in total. The Bertz CT molecular complexity index is 903. The van der Waals surface area contributed by atoms with Crippen molar-refractivity contribution in [3.63, 3.8) is 0 Å². The molecule has 0 aliphatic carbocycles. The summed E-state index contributed by atoms with van der Waals surface area (Å²) in [5, 5.41) is 27.6. The van der Waals surface area contributed by atoms with Gasteiger partial charge >= 0.3 is 0 Å². The minimum absolute atomic E-state index is 0.116. The van der Waals surface area contributed by atoms with Crippen LogP contribution < -0.4 is 5.32 Å². The highest BCUT2D eigenvalue weighted by atomic mass is 16.6. The van der Waals surface area contributed by atoms with Gasteiger partial charge in [-0.3, -0.25) is 14.8 Å². The number of rotatable bonds is 6. The van der Waals surface area contributed by atoms with Crippen LogP contribution in [0.15, 0.2) is 61.2 Å². The molecule has 0 aliphatic heterocycles. The van der Waals surface area contributed by atoms with Gasteiger partial charge < -0.3 is 5.32 Å². The second-order valence-electron chi connectivity index (χ2n) is 5.32. The number of nitrogens with zero attached hydrogens (tertiary/aromatic N) is 5. The van der Waals surface area contributed by atoms with Gasteiger partial charge in [0, 0.05) is 12.1 Å². The first-order chi connectivity index (χ1) is 12.2. The molecule has 3 aromatic rings. The summed E-state index contributed by atoms with van der Waals surface area (Å²) in [7, 11) is 0. The van der Waals surface area contributed by atoms with Crippen molar-refractivity contribution in [1.29, 1.82) is 5.26 Å². The van der Waals surface area contributed by atoms with E-state index in [2.05, 4.69) is 15.4 Å². The smallest absolute Gasteiger partial charge is 0.270 e. The molecule has 25 heavy (non-hydrogen) atoms. The molecule has 0 unspecified atom stereocenters. The molecule has 0 saturated heterocycles. The number of hydrogen-bond donors (Lipinski definition) is 1. The Morgan fingerprint density at radius 3 is 2.72 bits per heavy atom. The van der Waals surface area contributed by atoms with Crippen LogP contribution in [-0.2, 0) is 6.54 Å². The zero-order valence-electron chi connectivity index (χ0n) is 13.1. The number of non-ortho nitro benzene ring substituents is 1. The molecule has 0 spiro atoms. The van der Waals surface area contributed by atoms with Crippen LogP contribution in [-0.4, -0.2) is 19.7 Å². The van der Waals surface area contributed by atoms with Gasteiger partial charge in [-0.15, -0.1) is 0 Å². The number of nitrogens with one attached hydrogen (secondary N) is 1. The Kier molecular flexibility index (Phi) is 4.67. The van der Waals surface area contributed by atoms with Crippen LogP contribution in [0.2, 0.25) is 0 Å². The van der Waals surface area contributed by atoms with Gasteiger partial charge in [0.1, 0.15) is 18.7 Å². The van der Waals surface area contributed by atoms with E-state index in [9.17, 15) is 15.4 Å².